The molecule has 1 fully saturated rings. The van der Waals surface area contributed by atoms with Crippen molar-refractivity contribution in [3.63, 3.8) is 0 Å². The molecule has 7 nitrogen and oxygen atoms in total. The van der Waals surface area contributed by atoms with E-state index in [0.717, 1.165) is 18.5 Å². The first kappa shape index (κ1) is 29.7. The summed E-state index contributed by atoms with van der Waals surface area (Å²) in [6.07, 6.45) is 13.8. The third-order valence-electron chi connectivity index (χ3n) is 8.59. The van der Waals surface area contributed by atoms with Crippen molar-refractivity contribution in [3.8, 4) is 5.75 Å². The highest BCUT2D eigenvalue weighted by molar-refractivity contribution is 7.91. The molecular weight excluding hydrogens is 558 g/mol. The summed E-state index contributed by atoms with van der Waals surface area (Å²) in [7, 11) is -2.26. The molecule has 0 saturated heterocycles. The van der Waals surface area contributed by atoms with Crippen LogP contribution in [0.15, 0.2) is 58.3 Å². The summed E-state index contributed by atoms with van der Waals surface area (Å²) in [6.45, 7) is 1.08. The number of amides is 1. The second-order valence-electron chi connectivity index (χ2n) is 11.5. The lowest BCUT2D eigenvalue weighted by Gasteiger charge is -2.39. The largest absolute Gasteiger partial charge is 0.495 e. The summed E-state index contributed by atoms with van der Waals surface area (Å²) in [5.74, 6) is 0.247. The van der Waals surface area contributed by atoms with Gasteiger partial charge in [-0.25, -0.2) is 8.42 Å². The maximum Gasteiger partial charge on any atom is 0.267 e. The van der Waals surface area contributed by atoms with E-state index in [1.807, 2.05) is 6.07 Å². The SMILES string of the molecule is COc1ccc(S(=O)(=O)c2ccc(CNC(=O)c3cc4c([nH]3)CC3(CCCCCCCCCC3)NC4)cc2)cc1Cl. The van der Waals surface area contributed by atoms with Crippen molar-refractivity contribution in [1.29, 1.82) is 0 Å². The average Bonchev–Trinajstić information content (AvgIpc) is 3.38. The van der Waals surface area contributed by atoms with Crippen LogP contribution in [0.4, 0.5) is 0 Å². The van der Waals surface area contributed by atoms with E-state index in [0.29, 0.717) is 18.0 Å². The van der Waals surface area contributed by atoms with Crippen molar-refractivity contribution in [2.24, 2.45) is 0 Å². The van der Waals surface area contributed by atoms with E-state index in [1.54, 1.807) is 24.3 Å². The molecule has 0 unspecified atom stereocenters. The molecule has 1 spiro atoms. The second-order valence-corrected chi connectivity index (χ2v) is 13.8. The van der Waals surface area contributed by atoms with Crippen LogP contribution in [0, 0.1) is 0 Å². The third kappa shape index (κ3) is 6.99. The van der Waals surface area contributed by atoms with E-state index in [2.05, 4.69) is 15.6 Å². The van der Waals surface area contributed by atoms with Crippen LogP contribution in [0.3, 0.4) is 0 Å². The number of carbonyl (C=O) groups is 1. The van der Waals surface area contributed by atoms with Gasteiger partial charge in [0.25, 0.3) is 5.91 Å². The zero-order valence-corrected chi connectivity index (χ0v) is 25.3. The Kier molecular flexibility index (Phi) is 9.42. The molecule has 3 aromatic rings. The molecule has 1 aromatic heterocycles. The van der Waals surface area contributed by atoms with Gasteiger partial charge in [0.2, 0.25) is 9.84 Å². The van der Waals surface area contributed by atoms with Gasteiger partial charge in [0.05, 0.1) is 21.9 Å². The van der Waals surface area contributed by atoms with E-state index in [1.165, 1.54) is 101 Å². The van der Waals surface area contributed by atoms with Crippen molar-refractivity contribution >= 4 is 27.3 Å². The Morgan fingerprint density at radius 3 is 2.20 bits per heavy atom. The summed E-state index contributed by atoms with van der Waals surface area (Å²) in [5, 5.41) is 7.07. The fourth-order valence-electron chi connectivity index (χ4n) is 6.14. The first-order chi connectivity index (χ1) is 19.8. The van der Waals surface area contributed by atoms with Crippen molar-refractivity contribution < 1.29 is 17.9 Å². The molecule has 1 aliphatic carbocycles. The molecule has 41 heavy (non-hydrogen) atoms. The maximum absolute atomic E-state index is 13.1. The zero-order chi connectivity index (χ0) is 28.9. The number of hydrogen-bond acceptors (Lipinski definition) is 5. The second kappa shape index (κ2) is 13.0. The van der Waals surface area contributed by atoms with Crippen LogP contribution in [0.5, 0.6) is 5.75 Å². The van der Waals surface area contributed by atoms with Gasteiger partial charge in [0.15, 0.2) is 0 Å². The summed E-state index contributed by atoms with van der Waals surface area (Å²) < 4.78 is 31.2. The highest BCUT2D eigenvalue weighted by Crippen LogP contribution is 2.33. The molecule has 2 aromatic carbocycles. The molecule has 2 heterocycles. The minimum absolute atomic E-state index is 0.0947. The Bertz CT molecular complexity index is 1450. The number of rotatable bonds is 6. The van der Waals surface area contributed by atoms with E-state index in [-0.39, 0.29) is 26.3 Å². The monoisotopic (exact) mass is 597 g/mol. The first-order valence-corrected chi connectivity index (χ1v) is 16.6. The Morgan fingerprint density at radius 1 is 0.927 bits per heavy atom. The van der Waals surface area contributed by atoms with Crippen LogP contribution in [0.1, 0.15) is 91.5 Å². The normalized spacial score (nSPS) is 17.8. The van der Waals surface area contributed by atoms with Gasteiger partial charge >= 0.3 is 0 Å². The fourth-order valence-corrected chi connectivity index (χ4v) is 7.75. The lowest BCUT2D eigenvalue weighted by atomic mass is 9.80. The van der Waals surface area contributed by atoms with Crippen LogP contribution >= 0.6 is 11.6 Å². The minimum Gasteiger partial charge on any atom is -0.495 e. The lowest BCUT2D eigenvalue weighted by molar-refractivity contribution is 0.0946. The van der Waals surface area contributed by atoms with Gasteiger partial charge in [-0.15, -0.1) is 0 Å². The fraction of sp³-hybridized carbons (Fsp3) is 0.469. The Balaban J connectivity index is 1.20. The van der Waals surface area contributed by atoms with Crippen LogP contribution in [0.2, 0.25) is 5.02 Å². The average molecular weight is 598 g/mol. The third-order valence-corrected chi connectivity index (χ3v) is 10.6. The topological polar surface area (TPSA) is 100 Å². The molecule has 1 amide bonds. The predicted octanol–water partition coefficient (Wildman–Crippen LogP) is 6.74. The first-order valence-electron chi connectivity index (χ1n) is 14.7. The van der Waals surface area contributed by atoms with Gasteiger partial charge < -0.3 is 20.4 Å². The molecule has 9 heteroatoms. The van der Waals surface area contributed by atoms with Crippen LogP contribution in [-0.2, 0) is 29.3 Å². The molecular formula is C32H40ClN3O4S. The van der Waals surface area contributed by atoms with Crippen LogP contribution in [-0.4, -0.2) is 32.0 Å². The Morgan fingerprint density at radius 2 is 1.56 bits per heavy atom. The van der Waals surface area contributed by atoms with Crippen LogP contribution in [0.25, 0.3) is 0 Å². The Labute approximate surface area is 248 Å². The van der Waals surface area contributed by atoms with Crippen molar-refractivity contribution in [2.45, 2.75) is 99.0 Å². The summed E-state index contributed by atoms with van der Waals surface area (Å²) in [6, 6.07) is 12.9. The Hall–Kier alpha value is -2.81. The molecule has 1 saturated carbocycles. The van der Waals surface area contributed by atoms with E-state index >= 15 is 0 Å². The van der Waals surface area contributed by atoms with E-state index < -0.39 is 9.84 Å². The number of benzene rings is 2. The van der Waals surface area contributed by atoms with Crippen molar-refractivity contribution in [1.82, 2.24) is 15.6 Å². The molecule has 220 valence electrons. The number of aromatic amines is 1. The zero-order valence-electron chi connectivity index (χ0n) is 23.7. The molecule has 0 bridgehead atoms. The van der Waals surface area contributed by atoms with E-state index in [4.69, 9.17) is 16.3 Å². The molecule has 0 atom stereocenters. The summed E-state index contributed by atoms with van der Waals surface area (Å²) in [4.78, 5) is 16.7. The van der Waals surface area contributed by atoms with E-state index in [9.17, 15) is 13.2 Å². The molecule has 2 aliphatic rings. The van der Waals surface area contributed by atoms with Crippen molar-refractivity contribution in [2.75, 3.05) is 7.11 Å². The quantitative estimate of drug-likeness (QED) is 0.292. The summed E-state index contributed by atoms with van der Waals surface area (Å²) in [5.41, 5.74) is 3.84. The van der Waals surface area contributed by atoms with Crippen molar-refractivity contribution in [3.05, 3.63) is 76.1 Å². The van der Waals surface area contributed by atoms with Gasteiger partial charge in [0, 0.05) is 30.7 Å². The molecule has 1 aliphatic heterocycles. The number of fused-ring (bicyclic) bond motifs is 1. The highest BCUT2D eigenvalue weighted by atomic mass is 35.5. The lowest BCUT2D eigenvalue weighted by Crippen LogP contribution is -2.49. The predicted molar refractivity (Wildman–Crippen MR) is 161 cm³/mol. The number of hydrogen-bond donors (Lipinski definition) is 3. The molecule has 3 N–H and O–H groups in total. The number of carbonyl (C=O) groups excluding carboxylic acids is 1. The van der Waals surface area contributed by atoms with Gasteiger partial charge in [-0.05, 0) is 60.4 Å². The minimum atomic E-state index is -3.74. The number of ether oxygens (including phenoxy) is 1. The van der Waals surface area contributed by atoms with Gasteiger partial charge in [-0.2, -0.15) is 0 Å². The highest BCUT2D eigenvalue weighted by Gasteiger charge is 2.34. The smallest absolute Gasteiger partial charge is 0.267 e. The number of methoxy groups -OCH3 is 1. The number of nitrogens with one attached hydrogen (secondary N) is 3. The van der Waals surface area contributed by atoms with Gasteiger partial charge in [0.1, 0.15) is 11.4 Å². The summed E-state index contributed by atoms with van der Waals surface area (Å²) >= 11 is 6.13. The number of halogens is 1. The molecule has 0 radical (unpaired) electrons. The van der Waals surface area contributed by atoms with Crippen LogP contribution < -0.4 is 15.4 Å². The molecule has 5 rings (SSSR count). The number of H-pyrrole nitrogens is 1. The number of aromatic nitrogens is 1. The van der Waals surface area contributed by atoms with Gasteiger partial charge in [-0.3, -0.25) is 4.79 Å². The van der Waals surface area contributed by atoms with Gasteiger partial charge in [-0.1, -0.05) is 75.1 Å². The number of sulfone groups is 1. The maximum atomic E-state index is 13.1. The standard InChI is InChI=1S/C32H40ClN3O4S/c1-40-30-15-14-26(19-27(30)33)41(38,39)25-12-10-23(11-13-25)21-34-31(37)28-18-24-22-35-32(20-29(24)36-28)16-8-6-4-2-3-5-7-9-17-32/h10-15,18-19,35-36H,2-9,16-17,20-22H2,1H3,(H,34,37).